The Labute approximate surface area is 47.9 Å². The Kier molecular flexibility index (Phi) is 2.09. The van der Waals surface area contributed by atoms with Crippen molar-refractivity contribution >= 4 is 5.97 Å². The van der Waals surface area contributed by atoms with Gasteiger partial charge in [-0.1, -0.05) is 0 Å². The van der Waals surface area contributed by atoms with Crippen molar-refractivity contribution in [2.75, 3.05) is 0 Å². The van der Waals surface area contributed by atoms with Crippen LogP contribution < -0.4 is 12.4 Å². The monoisotopic (exact) mass is 121 g/mol. The fraction of sp³-hybridized carbons (Fsp3) is 0.750. The minimum absolute atomic E-state index is 0. The lowest BCUT2D eigenvalue weighted by molar-refractivity contribution is -0.138. The molecule has 1 fully saturated rings. The number of aliphatic carboxylic acids is 1. The molecule has 42 valence electrons. The van der Waals surface area contributed by atoms with Crippen molar-refractivity contribution in [1.29, 1.82) is 0 Å². The minimum atomic E-state index is -0.630. The van der Waals surface area contributed by atoms with Crippen LogP contribution in [0.15, 0.2) is 0 Å². The number of hydrogen-bond donors (Lipinski definition) is 1. The second-order valence-electron chi connectivity index (χ2n) is 1.61. The van der Waals surface area contributed by atoms with Crippen LogP contribution in [0.1, 0.15) is 12.8 Å². The topological polar surface area (TPSA) is 37.3 Å². The Morgan fingerprint density at radius 2 is 2.00 bits per heavy atom. The third-order valence-corrected chi connectivity index (χ3v) is 0.927. The maximum atomic E-state index is 9.76. The Morgan fingerprint density at radius 1 is 1.57 bits per heavy atom. The smallest absolute Gasteiger partial charge is 0.306 e. The zero-order chi connectivity index (χ0) is 4.57. The zero-order valence-electron chi connectivity index (χ0n) is 3.72. The molecule has 0 aromatic carbocycles. The molecule has 0 saturated heterocycles. The van der Waals surface area contributed by atoms with E-state index < -0.39 is 5.97 Å². The standard InChI is InChI=1S/C4H6O2.ClH/c5-4(6)3-1-2-3;/h3H,1-2H2,(H,5,6);1H/p-1. The van der Waals surface area contributed by atoms with E-state index in [-0.39, 0.29) is 18.3 Å². The summed E-state index contributed by atoms with van der Waals surface area (Å²) in [5.74, 6) is -0.611. The normalized spacial score (nSPS) is 17.7. The van der Waals surface area contributed by atoms with Gasteiger partial charge in [0.2, 0.25) is 0 Å². The van der Waals surface area contributed by atoms with Gasteiger partial charge in [0, 0.05) is 0 Å². The molecule has 1 aliphatic carbocycles. The van der Waals surface area contributed by atoms with Crippen LogP contribution in [0.3, 0.4) is 0 Å². The molecule has 0 aromatic rings. The molecule has 0 unspecified atom stereocenters. The Bertz CT molecular complexity index is 77.8. The molecule has 3 heteroatoms. The van der Waals surface area contributed by atoms with Crippen molar-refractivity contribution in [2.45, 2.75) is 12.8 Å². The van der Waals surface area contributed by atoms with E-state index in [1.807, 2.05) is 0 Å². The first-order valence-corrected chi connectivity index (χ1v) is 2.03. The van der Waals surface area contributed by atoms with Crippen molar-refractivity contribution in [3.8, 4) is 0 Å². The number of halogens is 1. The van der Waals surface area contributed by atoms with E-state index in [9.17, 15) is 4.79 Å². The predicted octanol–water partition coefficient (Wildman–Crippen LogP) is -2.51. The van der Waals surface area contributed by atoms with Gasteiger partial charge in [-0.3, -0.25) is 4.79 Å². The number of hydrogen-bond acceptors (Lipinski definition) is 1. The van der Waals surface area contributed by atoms with Crippen molar-refractivity contribution in [1.82, 2.24) is 0 Å². The molecule has 0 spiro atoms. The predicted molar refractivity (Wildman–Crippen MR) is 20.4 cm³/mol. The summed E-state index contributed by atoms with van der Waals surface area (Å²) in [6.45, 7) is 0. The van der Waals surface area contributed by atoms with E-state index >= 15 is 0 Å². The van der Waals surface area contributed by atoms with Gasteiger partial charge in [-0.15, -0.1) is 0 Å². The van der Waals surface area contributed by atoms with Crippen LogP contribution in [0, 0.1) is 5.92 Å². The van der Waals surface area contributed by atoms with Crippen LogP contribution in [0.25, 0.3) is 0 Å². The molecule has 1 N–H and O–H groups in total. The molecule has 7 heavy (non-hydrogen) atoms. The largest absolute Gasteiger partial charge is 1.00 e. The first-order chi connectivity index (χ1) is 2.80. The summed E-state index contributed by atoms with van der Waals surface area (Å²) in [6.07, 6.45) is 1.80. The van der Waals surface area contributed by atoms with Crippen molar-refractivity contribution in [2.24, 2.45) is 5.92 Å². The summed E-state index contributed by atoms with van der Waals surface area (Å²) >= 11 is 0. The molecule has 1 aliphatic rings. The average molecular weight is 122 g/mol. The van der Waals surface area contributed by atoms with E-state index in [0.717, 1.165) is 12.8 Å². The lowest BCUT2D eigenvalue weighted by atomic mass is 10.5. The van der Waals surface area contributed by atoms with Gasteiger partial charge in [0.05, 0.1) is 5.92 Å². The molecule has 0 bridgehead atoms. The molecule has 0 amide bonds. The van der Waals surface area contributed by atoms with Crippen molar-refractivity contribution < 1.29 is 22.3 Å². The van der Waals surface area contributed by atoms with Gasteiger partial charge < -0.3 is 17.5 Å². The molecule has 1 rings (SSSR count). The first-order valence-electron chi connectivity index (χ1n) is 2.03. The second kappa shape index (κ2) is 2.17. The fourth-order valence-corrected chi connectivity index (χ4v) is 0.330. The average Bonchev–Trinajstić information content (AvgIpc) is 2.06. The summed E-state index contributed by atoms with van der Waals surface area (Å²) in [4.78, 5) is 9.76. The first kappa shape index (κ1) is 6.76. The summed E-state index contributed by atoms with van der Waals surface area (Å²) in [7, 11) is 0. The number of carboxylic acids is 1. The summed E-state index contributed by atoms with van der Waals surface area (Å²) in [5, 5.41) is 8.05. The van der Waals surface area contributed by atoms with Gasteiger partial charge in [0.25, 0.3) is 0 Å². The molecule has 0 radical (unpaired) electrons. The zero-order valence-corrected chi connectivity index (χ0v) is 4.48. The van der Waals surface area contributed by atoms with E-state index in [1.165, 1.54) is 0 Å². The highest BCUT2D eigenvalue weighted by Gasteiger charge is 2.28. The van der Waals surface area contributed by atoms with Gasteiger partial charge in [-0.25, -0.2) is 0 Å². The molecular formula is C4H6ClO2-. The van der Waals surface area contributed by atoms with E-state index in [4.69, 9.17) is 5.11 Å². The van der Waals surface area contributed by atoms with Crippen LogP contribution in [-0.4, -0.2) is 11.1 Å². The van der Waals surface area contributed by atoms with Crippen LogP contribution in [0.5, 0.6) is 0 Å². The van der Waals surface area contributed by atoms with E-state index in [1.54, 1.807) is 0 Å². The molecule has 0 aliphatic heterocycles. The highest BCUT2D eigenvalue weighted by molar-refractivity contribution is 5.72. The second-order valence-corrected chi connectivity index (χ2v) is 1.61. The summed E-state index contributed by atoms with van der Waals surface area (Å²) in [6, 6.07) is 0. The maximum absolute atomic E-state index is 9.76. The Hall–Kier alpha value is -0.240. The van der Waals surface area contributed by atoms with Crippen LogP contribution in [0.2, 0.25) is 0 Å². The van der Waals surface area contributed by atoms with E-state index in [2.05, 4.69) is 0 Å². The third-order valence-electron chi connectivity index (χ3n) is 0.927. The number of rotatable bonds is 1. The minimum Gasteiger partial charge on any atom is -1.00 e. The van der Waals surface area contributed by atoms with Crippen LogP contribution >= 0.6 is 0 Å². The number of carbonyl (C=O) groups is 1. The maximum Gasteiger partial charge on any atom is 0.306 e. The highest BCUT2D eigenvalue weighted by Crippen LogP contribution is 2.28. The molecule has 0 atom stereocenters. The van der Waals surface area contributed by atoms with Gasteiger partial charge in [-0.05, 0) is 12.8 Å². The quantitative estimate of drug-likeness (QED) is 0.416. The molecule has 1 saturated carbocycles. The van der Waals surface area contributed by atoms with Gasteiger partial charge in [-0.2, -0.15) is 0 Å². The lowest BCUT2D eigenvalue weighted by Crippen LogP contribution is -3.00. The molecular weight excluding hydrogens is 115 g/mol. The van der Waals surface area contributed by atoms with Gasteiger partial charge >= 0.3 is 5.97 Å². The third kappa shape index (κ3) is 1.78. The fourth-order valence-electron chi connectivity index (χ4n) is 0.330. The van der Waals surface area contributed by atoms with Crippen molar-refractivity contribution in [3.63, 3.8) is 0 Å². The van der Waals surface area contributed by atoms with E-state index in [0.29, 0.717) is 0 Å². The van der Waals surface area contributed by atoms with Crippen molar-refractivity contribution in [3.05, 3.63) is 0 Å². The number of carboxylic acid groups (broad SMARTS) is 1. The summed E-state index contributed by atoms with van der Waals surface area (Å²) < 4.78 is 0. The molecule has 0 aromatic heterocycles. The highest BCUT2D eigenvalue weighted by atomic mass is 35.5. The summed E-state index contributed by atoms with van der Waals surface area (Å²) in [5.41, 5.74) is 0. The van der Waals surface area contributed by atoms with Crippen LogP contribution in [-0.2, 0) is 4.79 Å². The Morgan fingerprint density at radius 3 is 2.00 bits per heavy atom. The van der Waals surface area contributed by atoms with Crippen LogP contribution in [0.4, 0.5) is 0 Å². The lowest BCUT2D eigenvalue weighted by Gasteiger charge is -1.75. The van der Waals surface area contributed by atoms with Gasteiger partial charge in [0.1, 0.15) is 0 Å². The molecule has 2 nitrogen and oxygen atoms in total. The molecule has 0 heterocycles. The van der Waals surface area contributed by atoms with Gasteiger partial charge in [0.15, 0.2) is 0 Å². The SMILES string of the molecule is O=C(O)C1CC1.[Cl-]. The Balaban J connectivity index is 0.000000360.